The van der Waals surface area contributed by atoms with Gasteiger partial charge in [0.15, 0.2) is 5.76 Å². The summed E-state index contributed by atoms with van der Waals surface area (Å²) < 4.78 is 4.87. The largest absolute Gasteiger partial charge is 0.503 e. The number of carboxylic acids is 1. The molecule has 0 spiro atoms. The van der Waals surface area contributed by atoms with Gasteiger partial charge in [0, 0.05) is 45.3 Å². The highest BCUT2D eigenvalue weighted by Crippen LogP contribution is 2.17. The second kappa shape index (κ2) is 6.93. The monoisotopic (exact) mass is 350 g/mol. The molecule has 1 saturated heterocycles. The summed E-state index contributed by atoms with van der Waals surface area (Å²) in [6.07, 6.45) is 1.42. The van der Waals surface area contributed by atoms with Crippen molar-refractivity contribution in [1.82, 2.24) is 19.9 Å². The van der Waals surface area contributed by atoms with Crippen LogP contribution < -0.4 is 0 Å². The Bertz CT molecular complexity index is 706. The molecule has 134 valence electrons. The number of nitrogens with zero attached hydrogens (tertiary/aromatic N) is 4. The number of carboxylic acid groups (broad SMARTS) is 1. The van der Waals surface area contributed by atoms with Crippen molar-refractivity contribution in [3.8, 4) is 0 Å². The smallest absolute Gasteiger partial charge is 0.337 e. The van der Waals surface area contributed by atoms with Crippen LogP contribution in [0, 0.1) is 0 Å². The van der Waals surface area contributed by atoms with Crippen molar-refractivity contribution in [3.63, 3.8) is 0 Å². The lowest BCUT2D eigenvalue weighted by atomic mass is 10.2. The number of piperazine rings is 1. The number of aliphatic hydroxyl groups excluding tert-OH is 1. The van der Waals surface area contributed by atoms with E-state index in [2.05, 4.69) is 10.1 Å². The van der Waals surface area contributed by atoms with E-state index >= 15 is 0 Å². The van der Waals surface area contributed by atoms with E-state index in [0.717, 1.165) is 0 Å². The van der Waals surface area contributed by atoms with Crippen LogP contribution in [0.15, 0.2) is 28.1 Å². The SMILES string of the molecule is O=C(O)C1=C(O)C(=O)N(CCN2CCN(C(=O)c3ccno3)CC2)C1. The Balaban J connectivity index is 1.45. The van der Waals surface area contributed by atoms with Crippen molar-refractivity contribution < 1.29 is 29.1 Å². The fourth-order valence-corrected chi connectivity index (χ4v) is 2.88. The predicted molar refractivity (Wildman–Crippen MR) is 82.7 cm³/mol. The maximum absolute atomic E-state index is 12.1. The fraction of sp³-hybridized carbons (Fsp3) is 0.467. The summed E-state index contributed by atoms with van der Waals surface area (Å²) in [4.78, 5) is 40.0. The summed E-state index contributed by atoms with van der Waals surface area (Å²) >= 11 is 0. The molecule has 0 saturated carbocycles. The van der Waals surface area contributed by atoms with Gasteiger partial charge in [0.2, 0.25) is 5.76 Å². The molecule has 2 aliphatic heterocycles. The number of hydrogen-bond acceptors (Lipinski definition) is 7. The number of amides is 2. The first-order valence-electron chi connectivity index (χ1n) is 7.84. The van der Waals surface area contributed by atoms with E-state index in [0.29, 0.717) is 39.3 Å². The van der Waals surface area contributed by atoms with E-state index in [1.54, 1.807) is 4.90 Å². The van der Waals surface area contributed by atoms with Gasteiger partial charge in [-0.3, -0.25) is 14.5 Å². The van der Waals surface area contributed by atoms with E-state index in [-0.39, 0.29) is 23.8 Å². The summed E-state index contributed by atoms with van der Waals surface area (Å²) in [5.74, 6) is -2.62. The van der Waals surface area contributed by atoms with Crippen molar-refractivity contribution in [1.29, 1.82) is 0 Å². The summed E-state index contributed by atoms with van der Waals surface area (Å²) in [5, 5.41) is 22.0. The molecule has 10 heteroatoms. The second-order valence-electron chi connectivity index (χ2n) is 5.87. The summed E-state index contributed by atoms with van der Waals surface area (Å²) in [7, 11) is 0. The number of aliphatic hydroxyl groups is 1. The highest BCUT2D eigenvalue weighted by molar-refractivity contribution is 6.04. The Morgan fingerprint density at radius 1 is 1.20 bits per heavy atom. The Morgan fingerprint density at radius 3 is 2.48 bits per heavy atom. The number of hydrogen-bond donors (Lipinski definition) is 2. The van der Waals surface area contributed by atoms with Crippen molar-refractivity contribution in [2.45, 2.75) is 0 Å². The standard InChI is InChI=1S/C15H18N4O6/c20-12-10(15(23)24)9-19(14(12)22)8-5-17-3-6-18(7-4-17)13(21)11-1-2-16-25-11/h1-2,20H,3-9H2,(H,23,24). The van der Waals surface area contributed by atoms with Crippen LogP contribution in [-0.4, -0.2) is 93.7 Å². The molecule has 3 heterocycles. The van der Waals surface area contributed by atoms with Crippen molar-refractivity contribution in [2.75, 3.05) is 45.8 Å². The minimum atomic E-state index is -1.28. The lowest BCUT2D eigenvalue weighted by Gasteiger charge is -2.34. The quantitative estimate of drug-likeness (QED) is 0.704. The Labute approximate surface area is 142 Å². The molecule has 1 fully saturated rings. The molecule has 0 radical (unpaired) electrons. The third kappa shape index (κ3) is 3.48. The van der Waals surface area contributed by atoms with Gasteiger partial charge in [-0.25, -0.2) is 4.79 Å². The number of carbonyl (C=O) groups is 3. The van der Waals surface area contributed by atoms with Gasteiger partial charge < -0.3 is 24.5 Å². The van der Waals surface area contributed by atoms with Crippen LogP contribution in [0.25, 0.3) is 0 Å². The molecule has 0 atom stereocenters. The lowest BCUT2D eigenvalue weighted by molar-refractivity contribution is -0.133. The third-order valence-electron chi connectivity index (χ3n) is 4.38. The molecule has 2 amide bonds. The third-order valence-corrected chi connectivity index (χ3v) is 4.38. The van der Waals surface area contributed by atoms with E-state index in [1.807, 2.05) is 0 Å². The van der Waals surface area contributed by atoms with Gasteiger partial charge in [-0.1, -0.05) is 5.16 Å². The number of rotatable bonds is 5. The minimum absolute atomic E-state index is 0.0933. The molecule has 0 aliphatic carbocycles. The molecule has 1 aromatic rings. The number of carbonyl (C=O) groups excluding carboxylic acids is 2. The van der Waals surface area contributed by atoms with E-state index in [1.165, 1.54) is 17.2 Å². The van der Waals surface area contributed by atoms with Crippen LogP contribution in [0.4, 0.5) is 0 Å². The lowest BCUT2D eigenvalue weighted by Crippen LogP contribution is -2.50. The van der Waals surface area contributed by atoms with Crippen molar-refractivity contribution >= 4 is 17.8 Å². The molecule has 1 aromatic heterocycles. The summed E-state index contributed by atoms with van der Waals surface area (Å²) in [5.41, 5.74) is -0.271. The zero-order valence-corrected chi connectivity index (χ0v) is 13.4. The normalized spacial score (nSPS) is 19.0. The van der Waals surface area contributed by atoms with Crippen LogP contribution in [0.3, 0.4) is 0 Å². The Kier molecular flexibility index (Phi) is 4.70. The molecule has 2 N–H and O–H groups in total. The summed E-state index contributed by atoms with van der Waals surface area (Å²) in [6.45, 7) is 3.07. The van der Waals surface area contributed by atoms with Crippen molar-refractivity contribution in [3.05, 3.63) is 29.4 Å². The second-order valence-corrected chi connectivity index (χ2v) is 5.87. The van der Waals surface area contributed by atoms with E-state index in [9.17, 15) is 19.5 Å². The first kappa shape index (κ1) is 17.0. The van der Waals surface area contributed by atoms with E-state index in [4.69, 9.17) is 9.63 Å². The first-order chi connectivity index (χ1) is 12.0. The maximum Gasteiger partial charge on any atom is 0.337 e. The number of aliphatic carboxylic acids is 1. The molecule has 0 aromatic carbocycles. The average Bonchev–Trinajstić information content (AvgIpc) is 3.23. The zero-order valence-electron chi connectivity index (χ0n) is 13.4. The molecule has 2 aliphatic rings. The van der Waals surface area contributed by atoms with Crippen LogP contribution >= 0.6 is 0 Å². The fourth-order valence-electron chi connectivity index (χ4n) is 2.88. The van der Waals surface area contributed by atoms with Crippen LogP contribution in [-0.2, 0) is 9.59 Å². The van der Waals surface area contributed by atoms with Crippen LogP contribution in [0.5, 0.6) is 0 Å². The molecule has 10 nitrogen and oxygen atoms in total. The molecule has 3 rings (SSSR count). The van der Waals surface area contributed by atoms with Crippen LogP contribution in [0.2, 0.25) is 0 Å². The summed E-state index contributed by atoms with van der Waals surface area (Å²) in [6, 6.07) is 1.52. The molecule has 0 bridgehead atoms. The molecular formula is C15H18N4O6. The van der Waals surface area contributed by atoms with Gasteiger partial charge in [0.05, 0.1) is 12.7 Å². The number of aromatic nitrogens is 1. The van der Waals surface area contributed by atoms with Gasteiger partial charge in [-0.15, -0.1) is 0 Å². The average molecular weight is 350 g/mol. The topological polar surface area (TPSA) is 127 Å². The van der Waals surface area contributed by atoms with E-state index < -0.39 is 17.6 Å². The predicted octanol–water partition coefficient (Wildman–Crippen LogP) is -0.829. The van der Waals surface area contributed by atoms with Gasteiger partial charge in [-0.05, 0) is 0 Å². The minimum Gasteiger partial charge on any atom is -0.503 e. The Morgan fingerprint density at radius 2 is 1.92 bits per heavy atom. The zero-order chi connectivity index (χ0) is 18.0. The molecular weight excluding hydrogens is 332 g/mol. The van der Waals surface area contributed by atoms with Crippen molar-refractivity contribution in [2.24, 2.45) is 0 Å². The van der Waals surface area contributed by atoms with Gasteiger partial charge in [0.1, 0.15) is 5.57 Å². The highest BCUT2D eigenvalue weighted by atomic mass is 16.5. The molecule has 25 heavy (non-hydrogen) atoms. The maximum atomic E-state index is 12.1. The first-order valence-corrected chi connectivity index (χ1v) is 7.84. The van der Waals surface area contributed by atoms with Gasteiger partial charge in [0.25, 0.3) is 11.8 Å². The van der Waals surface area contributed by atoms with Crippen LogP contribution in [0.1, 0.15) is 10.6 Å². The highest BCUT2D eigenvalue weighted by Gasteiger charge is 2.34. The van der Waals surface area contributed by atoms with Gasteiger partial charge >= 0.3 is 5.97 Å². The molecule has 0 unspecified atom stereocenters. The Hall–Kier alpha value is -2.88. The van der Waals surface area contributed by atoms with Gasteiger partial charge in [-0.2, -0.15) is 0 Å².